The van der Waals surface area contributed by atoms with Crippen molar-refractivity contribution in [1.82, 2.24) is 5.32 Å². The first-order valence-electron chi connectivity index (χ1n) is 7.29. The van der Waals surface area contributed by atoms with Crippen molar-refractivity contribution in [1.29, 1.82) is 0 Å². The maximum Gasteiger partial charge on any atom is 0.338 e. The van der Waals surface area contributed by atoms with Crippen LogP contribution in [0.15, 0.2) is 48.5 Å². The summed E-state index contributed by atoms with van der Waals surface area (Å²) < 4.78 is 4.98. The van der Waals surface area contributed by atoms with E-state index < -0.39 is 5.97 Å². The van der Waals surface area contributed by atoms with Gasteiger partial charge in [-0.25, -0.2) is 4.79 Å². The Morgan fingerprint density at radius 1 is 1.13 bits per heavy atom. The number of hydrogen-bond acceptors (Lipinski definition) is 3. The number of carbonyl (C=O) groups is 2. The molecule has 0 fully saturated rings. The lowest BCUT2D eigenvalue weighted by molar-refractivity contribution is -0.124. The summed E-state index contributed by atoms with van der Waals surface area (Å²) >= 11 is 5.89. The second kappa shape index (κ2) is 8.34. The van der Waals surface area contributed by atoms with Gasteiger partial charge in [-0.2, -0.15) is 0 Å². The number of aryl methyl sites for hydroxylation is 1. The number of nitrogens with one attached hydrogen (secondary N) is 1. The van der Waals surface area contributed by atoms with Crippen LogP contribution in [0.4, 0.5) is 0 Å². The van der Waals surface area contributed by atoms with E-state index in [1.807, 2.05) is 37.3 Å². The third-order valence-corrected chi connectivity index (χ3v) is 3.48. The van der Waals surface area contributed by atoms with Gasteiger partial charge in [-0.15, -0.1) is 0 Å². The summed E-state index contributed by atoms with van der Waals surface area (Å²) in [6, 6.07) is 14.4. The summed E-state index contributed by atoms with van der Waals surface area (Å²) in [6.45, 7) is 2.10. The molecule has 0 spiro atoms. The zero-order valence-corrected chi connectivity index (χ0v) is 13.6. The second-order valence-corrected chi connectivity index (χ2v) is 5.61. The molecule has 0 aliphatic rings. The Morgan fingerprint density at radius 3 is 2.57 bits per heavy atom. The average molecular weight is 332 g/mol. The van der Waals surface area contributed by atoms with Crippen LogP contribution in [0.1, 0.15) is 21.5 Å². The van der Waals surface area contributed by atoms with Crippen LogP contribution in [-0.4, -0.2) is 25.0 Å². The Balaban J connectivity index is 1.70. The van der Waals surface area contributed by atoms with Gasteiger partial charge in [-0.1, -0.05) is 41.4 Å². The quantitative estimate of drug-likeness (QED) is 0.827. The molecule has 0 aliphatic heterocycles. The maximum absolute atomic E-state index is 11.8. The van der Waals surface area contributed by atoms with Gasteiger partial charge in [-0.05, 0) is 43.2 Å². The molecule has 2 aromatic carbocycles. The summed E-state index contributed by atoms with van der Waals surface area (Å²) in [4.78, 5) is 23.5. The normalized spacial score (nSPS) is 10.2. The number of esters is 1. The lowest BCUT2D eigenvalue weighted by atomic mass is 10.1. The van der Waals surface area contributed by atoms with E-state index in [2.05, 4.69) is 5.32 Å². The van der Waals surface area contributed by atoms with E-state index in [-0.39, 0.29) is 12.5 Å². The maximum atomic E-state index is 11.8. The highest BCUT2D eigenvalue weighted by Gasteiger charge is 2.09. The van der Waals surface area contributed by atoms with Gasteiger partial charge < -0.3 is 10.1 Å². The highest BCUT2D eigenvalue weighted by molar-refractivity contribution is 6.30. The van der Waals surface area contributed by atoms with E-state index in [1.165, 1.54) is 0 Å². The molecular weight excluding hydrogens is 314 g/mol. The van der Waals surface area contributed by atoms with E-state index >= 15 is 0 Å². The highest BCUT2D eigenvalue weighted by atomic mass is 35.5. The molecule has 0 saturated heterocycles. The van der Waals surface area contributed by atoms with Crippen molar-refractivity contribution in [3.8, 4) is 0 Å². The lowest BCUT2D eigenvalue weighted by Crippen LogP contribution is -2.30. The van der Waals surface area contributed by atoms with Gasteiger partial charge in [0.2, 0.25) is 0 Å². The molecule has 0 radical (unpaired) electrons. The minimum absolute atomic E-state index is 0.289. The zero-order chi connectivity index (χ0) is 16.7. The third kappa shape index (κ3) is 5.75. The Bertz CT molecular complexity index is 683. The SMILES string of the molecule is Cc1ccc(C(=O)OCC(=O)NCCc2cccc(Cl)c2)cc1. The van der Waals surface area contributed by atoms with Gasteiger partial charge in [0, 0.05) is 11.6 Å². The molecule has 0 atom stereocenters. The number of rotatable bonds is 6. The zero-order valence-electron chi connectivity index (χ0n) is 12.8. The molecule has 0 aromatic heterocycles. The number of ether oxygens (including phenoxy) is 1. The number of hydrogen-bond donors (Lipinski definition) is 1. The summed E-state index contributed by atoms with van der Waals surface area (Å²) in [6.07, 6.45) is 0.665. The predicted molar refractivity (Wildman–Crippen MR) is 89.6 cm³/mol. The Hall–Kier alpha value is -2.33. The van der Waals surface area contributed by atoms with Crippen LogP contribution in [0.5, 0.6) is 0 Å². The van der Waals surface area contributed by atoms with Gasteiger partial charge in [0.05, 0.1) is 5.56 Å². The smallest absolute Gasteiger partial charge is 0.338 e. The Labute approximate surface area is 140 Å². The summed E-state index contributed by atoms with van der Waals surface area (Å²) in [7, 11) is 0. The fourth-order valence-corrected chi connectivity index (χ4v) is 2.21. The molecule has 1 N–H and O–H groups in total. The van der Waals surface area contributed by atoms with Crippen LogP contribution in [-0.2, 0) is 16.0 Å². The van der Waals surface area contributed by atoms with Crippen molar-refractivity contribution >= 4 is 23.5 Å². The lowest BCUT2D eigenvalue weighted by Gasteiger charge is -2.07. The van der Waals surface area contributed by atoms with Crippen LogP contribution in [0, 0.1) is 6.92 Å². The molecule has 0 unspecified atom stereocenters. The fourth-order valence-electron chi connectivity index (χ4n) is 1.99. The van der Waals surface area contributed by atoms with E-state index in [9.17, 15) is 9.59 Å². The minimum Gasteiger partial charge on any atom is -0.452 e. The molecule has 2 rings (SSSR count). The molecule has 0 saturated carbocycles. The first kappa shape index (κ1) is 17.0. The van der Waals surface area contributed by atoms with Crippen LogP contribution in [0.2, 0.25) is 5.02 Å². The first-order valence-corrected chi connectivity index (χ1v) is 7.67. The molecule has 2 aromatic rings. The molecule has 23 heavy (non-hydrogen) atoms. The van der Waals surface area contributed by atoms with Crippen molar-refractivity contribution in [3.05, 3.63) is 70.2 Å². The first-order chi connectivity index (χ1) is 11.0. The topological polar surface area (TPSA) is 55.4 Å². The molecule has 4 nitrogen and oxygen atoms in total. The van der Waals surface area contributed by atoms with Crippen molar-refractivity contribution in [2.24, 2.45) is 0 Å². The van der Waals surface area contributed by atoms with E-state index in [0.717, 1.165) is 11.1 Å². The van der Waals surface area contributed by atoms with Crippen LogP contribution >= 0.6 is 11.6 Å². The van der Waals surface area contributed by atoms with Crippen molar-refractivity contribution < 1.29 is 14.3 Å². The molecule has 5 heteroatoms. The molecular formula is C18H18ClNO3. The van der Waals surface area contributed by atoms with Crippen molar-refractivity contribution in [3.63, 3.8) is 0 Å². The third-order valence-electron chi connectivity index (χ3n) is 3.25. The largest absolute Gasteiger partial charge is 0.452 e. The highest BCUT2D eigenvalue weighted by Crippen LogP contribution is 2.10. The van der Waals surface area contributed by atoms with Gasteiger partial charge in [-0.3, -0.25) is 4.79 Å². The number of carbonyl (C=O) groups excluding carboxylic acids is 2. The average Bonchev–Trinajstić information content (AvgIpc) is 2.53. The molecule has 1 amide bonds. The van der Waals surface area contributed by atoms with Gasteiger partial charge in [0.1, 0.15) is 0 Å². The number of amides is 1. The monoisotopic (exact) mass is 331 g/mol. The van der Waals surface area contributed by atoms with Gasteiger partial charge in [0.25, 0.3) is 5.91 Å². The van der Waals surface area contributed by atoms with Crippen LogP contribution in [0.3, 0.4) is 0 Å². The summed E-state index contributed by atoms with van der Waals surface area (Å²) in [5, 5.41) is 3.37. The molecule has 0 bridgehead atoms. The van der Waals surface area contributed by atoms with E-state index in [0.29, 0.717) is 23.6 Å². The number of benzene rings is 2. The Kier molecular flexibility index (Phi) is 6.18. The van der Waals surface area contributed by atoms with Gasteiger partial charge >= 0.3 is 5.97 Å². The van der Waals surface area contributed by atoms with E-state index in [1.54, 1.807) is 18.2 Å². The van der Waals surface area contributed by atoms with Crippen molar-refractivity contribution in [2.75, 3.05) is 13.2 Å². The summed E-state index contributed by atoms with van der Waals surface area (Å²) in [5.74, 6) is -0.831. The van der Waals surface area contributed by atoms with Crippen LogP contribution in [0.25, 0.3) is 0 Å². The van der Waals surface area contributed by atoms with Crippen LogP contribution < -0.4 is 5.32 Å². The van der Waals surface area contributed by atoms with Crippen molar-refractivity contribution in [2.45, 2.75) is 13.3 Å². The van der Waals surface area contributed by atoms with E-state index in [4.69, 9.17) is 16.3 Å². The predicted octanol–water partition coefficient (Wildman–Crippen LogP) is 3.16. The fraction of sp³-hybridized carbons (Fsp3) is 0.222. The standard InChI is InChI=1S/C18H18ClNO3/c1-13-5-7-15(8-6-13)18(22)23-12-17(21)20-10-9-14-3-2-4-16(19)11-14/h2-8,11H,9-10,12H2,1H3,(H,20,21). The summed E-state index contributed by atoms with van der Waals surface area (Å²) in [5.41, 5.74) is 2.53. The van der Waals surface area contributed by atoms with Gasteiger partial charge in [0.15, 0.2) is 6.61 Å². The molecule has 0 aliphatic carbocycles. The second-order valence-electron chi connectivity index (χ2n) is 5.17. The molecule has 120 valence electrons. The minimum atomic E-state index is -0.505. The Morgan fingerprint density at radius 2 is 1.87 bits per heavy atom. The molecule has 0 heterocycles. The number of halogens is 1.